The van der Waals surface area contributed by atoms with E-state index in [-0.39, 0.29) is 16.7 Å². The van der Waals surface area contributed by atoms with Crippen LogP contribution in [0.15, 0.2) is 53.4 Å². The molecule has 0 radical (unpaired) electrons. The minimum atomic E-state index is -4.58. The zero-order chi connectivity index (χ0) is 21.0. The smallest absolute Gasteiger partial charge is 0.341 e. The average molecular weight is 422 g/mol. The molecular weight excluding hydrogens is 398 g/mol. The summed E-state index contributed by atoms with van der Waals surface area (Å²) in [5.41, 5.74) is 2.99. The number of alkyl halides is 2. The van der Waals surface area contributed by atoms with Crippen molar-refractivity contribution in [1.29, 1.82) is 0 Å². The van der Waals surface area contributed by atoms with Gasteiger partial charge in [0, 0.05) is 31.2 Å². The number of anilines is 1. The maximum absolute atomic E-state index is 12.6. The molecule has 1 fully saturated rings. The highest BCUT2D eigenvalue weighted by Gasteiger charge is 2.28. The van der Waals surface area contributed by atoms with Crippen molar-refractivity contribution in [2.75, 3.05) is 18.0 Å². The molecule has 0 bridgehead atoms. The molecule has 29 heavy (non-hydrogen) atoms. The Balaban J connectivity index is 1.52. The number of carbonyl (C=O) groups excluding carboxylic acids is 1. The maximum atomic E-state index is 12.6. The zero-order valence-corrected chi connectivity index (χ0v) is 17.0. The third-order valence-corrected chi connectivity index (χ3v) is 6.62. The Bertz CT molecular complexity index is 937. The number of rotatable bonds is 6. The van der Waals surface area contributed by atoms with Crippen LogP contribution in [0.1, 0.15) is 24.0 Å². The van der Waals surface area contributed by atoms with Gasteiger partial charge in [0.1, 0.15) is 0 Å². The molecule has 2 aromatic rings. The van der Waals surface area contributed by atoms with Gasteiger partial charge in [-0.25, -0.2) is 8.42 Å². The number of sulfone groups is 1. The topological polar surface area (TPSA) is 66.5 Å². The first-order chi connectivity index (χ1) is 13.8. The Hall–Kier alpha value is -2.48. The fourth-order valence-corrected chi connectivity index (χ4v) is 4.11. The van der Waals surface area contributed by atoms with Crippen molar-refractivity contribution < 1.29 is 22.0 Å². The molecule has 0 spiro atoms. The van der Waals surface area contributed by atoms with Crippen molar-refractivity contribution in [3.05, 3.63) is 59.7 Å². The first kappa shape index (κ1) is 21.2. The van der Waals surface area contributed by atoms with Crippen LogP contribution in [0.25, 0.3) is 0 Å². The first-order valence-electron chi connectivity index (χ1n) is 9.47. The van der Waals surface area contributed by atoms with E-state index in [4.69, 9.17) is 0 Å². The lowest BCUT2D eigenvalue weighted by atomic mass is 9.95. The molecular formula is C21H24F2N2O3S. The highest BCUT2D eigenvalue weighted by Crippen LogP contribution is 2.26. The number of benzene rings is 2. The largest absolute Gasteiger partial charge is 0.371 e. The normalized spacial score (nSPS) is 15.5. The molecule has 0 unspecified atom stereocenters. The molecule has 1 aliphatic rings. The van der Waals surface area contributed by atoms with E-state index in [0.29, 0.717) is 32.5 Å². The summed E-state index contributed by atoms with van der Waals surface area (Å²) in [6.45, 7) is 3.80. The lowest BCUT2D eigenvalue weighted by Gasteiger charge is -2.33. The van der Waals surface area contributed by atoms with E-state index in [0.717, 1.165) is 11.3 Å². The Kier molecular flexibility index (Phi) is 6.52. The molecule has 1 heterocycles. The van der Waals surface area contributed by atoms with Gasteiger partial charge in [-0.15, -0.1) is 0 Å². The molecule has 5 nitrogen and oxygen atoms in total. The number of halogens is 2. The number of nitrogens with one attached hydrogen (secondary N) is 1. The maximum Gasteiger partial charge on any atom is 0.341 e. The van der Waals surface area contributed by atoms with Crippen LogP contribution in [0, 0.1) is 12.8 Å². The van der Waals surface area contributed by atoms with Gasteiger partial charge in [-0.2, -0.15) is 8.78 Å². The van der Waals surface area contributed by atoms with E-state index < -0.39 is 15.6 Å². The monoisotopic (exact) mass is 422 g/mol. The molecule has 3 rings (SSSR count). The third-order valence-electron chi connectivity index (χ3n) is 5.22. The molecule has 0 atom stereocenters. The van der Waals surface area contributed by atoms with Crippen LogP contribution < -0.4 is 10.2 Å². The van der Waals surface area contributed by atoms with Gasteiger partial charge in [0.15, 0.2) is 0 Å². The number of hydrogen-bond donors (Lipinski definition) is 1. The van der Waals surface area contributed by atoms with Gasteiger partial charge >= 0.3 is 5.76 Å². The van der Waals surface area contributed by atoms with Crippen LogP contribution in [0.4, 0.5) is 14.5 Å². The van der Waals surface area contributed by atoms with Gasteiger partial charge in [0.25, 0.3) is 0 Å². The Morgan fingerprint density at radius 2 is 1.66 bits per heavy atom. The minimum absolute atomic E-state index is 0.0311. The number of aryl methyl sites for hydroxylation is 1. The molecule has 1 amide bonds. The van der Waals surface area contributed by atoms with Crippen molar-refractivity contribution in [2.45, 2.75) is 37.0 Å². The molecule has 0 saturated carbocycles. The first-order valence-corrected chi connectivity index (χ1v) is 11.0. The van der Waals surface area contributed by atoms with Crippen LogP contribution in [-0.4, -0.2) is 33.2 Å². The van der Waals surface area contributed by atoms with Crippen LogP contribution in [0.2, 0.25) is 0 Å². The summed E-state index contributed by atoms with van der Waals surface area (Å²) in [5.74, 6) is -3.47. The Labute approximate surface area is 169 Å². The van der Waals surface area contributed by atoms with Gasteiger partial charge in [-0.05, 0) is 49.6 Å². The fraction of sp³-hybridized carbons (Fsp3) is 0.381. The molecule has 1 N–H and O–H groups in total. The molecule has 0 aliphatic carbocycles. The molecule has 1 aliphatic heterocycles. The predicted octanol–water partition coefficient (Wildman–Crippen LogP) is 3.52. The summed E-state index contributed by atoms with van der Waals surface area (Å²) in [4.78, 5) is 14.1. The minimum Gasteiger partial charge on any atom is -0.371 e. The standard InChI is InChI=1S/C21H24F2N2O3S/c1-15-2-4-16(5-3-15)14-24-20(26)17-10-12-25(13-11-17)18-6-8-19(9-7-18)29(27,28)21(22)23/h2-9,17,21H,10-14H2,1H3,(H,24,26). The van der Waals surface area contributed by atoms with Crippen LogP contribution in [-0.2, 0) is 21.2 Å². The lowest BCUT2D eigenvalue weighted by Crippen LogP contribution is -2.40. The van der Waals surface area contributed by atoms with E-state index >= 15 is 0 Å². The van der Waals surface area contributed by atoms with Gasteiger partial charge in [-0.3, -0.25) is 4.79 Å². The molecule has 1 saturated heterocycles. The van der Waals surface area contributed by atoms with Crippen molar-refractivity contribution in [3.63, 3.8) is 0 Å². The SMILES string of the molecule is Cc1ccc(CNC(=O)C2CCN(c3ccc(S(=O)(=O)C(F)F)cc3)CC2)cc1. The Morgan fingerprint density at radius 1 is 1.07 bits per heavy atom. The third kappa shape index (κ3) is 5.12. The van der Waals surface area contributed by atoms with E-state index in [1.807, 2.05) is 36.1 Å². The summed E-state index contributed by atoms with van der Waals surface area (Å²) in [6.07, 6.45) is 1.35. The van der Waals surface area contributed by atoms with E-state index in [2.05, 4.69) is 5.32 Å². The number of amides is 1. The van der Waals surface area contributed by atoms with Crippen LogP contribution in [0.5, 0.6) is 0 Å². The summed E-state index contributed by atoms with van der Waals surface area (Å²) in [5, 5.41) is 2.98. The van der Waals surface area contributed by atoms with E-state index in [1.165, 1.54) is 29.8 Å². The lowest BCUT2D eigenvalue weighted by molar-refractivity contribution is -0.125. The van der Waals surface area contributed by atoms with E-state index in [1.54, 1.807) is 0 Å². The number of piperidine rings is 1. The highest BCUT2D eigenvalue weighted by molar-refractivity contribution is 7.91. The van der Waals surface area contributed by atoms with Crippen molar-refractivity contribution in [1.82, 2.24) is 5.32 Å². The number of hydrogen-bond acceptors (Lipinski definition) is 4. The fourth-order valence-electron chi connectivity index (χ4n) is 3.39. The second kappa shape index (κ2) is 8.90. The number of nitrogens with zero attached hydrogens (tertiary/aromatic N) is 1. The summed E-state index contributed by atoms with van der Waals surface area (Å²) < 4.78 is 48.3. The van der Waals surface area contributed by atoms with Gasteiger partial charge in [0.2, 0.25) is 15.7 Å². The van der Waals surface area contributed by atoms with Crippen molar-refractivity contribution in [2.24, 2.45) is 5.92 Å². The van der Waals surface area contributed by atoms with Crippen molar-refractivity contribution >= 4 is 21.4 Å². The summed E-state index contributed by atoms with van der Waals surface area (Å²) >= 11 is 0. The molecule has 8 heteroatoms. The summed E-state index contributed by atoms with van der Waals surface area (Å²) in [6, 6.07) is 13.5. The quantitative estimate of drug-likeness (QED) is 0.774. The van der Waals surface area contributed by atoms with Crippen LogP contribution in [0.3, 0.4) is 0 Å². The van der Waals surface area contributed by atoms with Crippen molar-refractivity contribution in [3.8, 4) is 0 Å². The Morgan fingerprint density at radius 3 is 2.21 bits per heavy atom. The summed E-state index contributed by atoms with van der Waals surface area (Å²) in [7, 11) is -4.58. The second-order valence-electron chi connectivity index (χ2n) is 7.26. The van der Waals surface area contributed by atoms with E-state index in [9.17, 15) is 22.0 Å². The highest BCUT2D eigenvalue weighted by atomic mass is 32.2. The molecule has 2 aromatic carbocycles. The number of carbonyl (C=O) groups is 1. The second-order valence-corrected chi connectivity index (χ2v) is 9.18. The van der Waals surface area contributed by atoms with Gasteiger partial charge in [-0.1, -0.05) is 29.8 Å². The van der Waals surface area contributed by atoms with Gasteiger partial charge in [0.05, 0.1) is 4.90 Å². The van der Waals surface area contributed by atoms with Crippen LogP contribution >= 0.6 is 0 Å². The zero-order valence-electron chi connectivity index (χ0n) is 16.1. The average Bonchev–Trinajstić information content (AvgIpc) is 2.73. The predicted molar refractivity (Wildman–Crippen MR) is 108 cm³/mol. The van der Waals surface area contributed by atoms with Gasteiger partial charge < -0.3 is 10.2 Å². The molecule has 0 aromatic heterocycles. The molecule has 156 valence electrons.